The van der Waals surface area contributed by atoms with E-state index in [1.165, 1.54) is 6.07 Å². The van der Waals surface area contributed by atoms with Crippen molar-refractivity contribution in [1.29, 1.82) is 0 Å². The summed E-state index contributed by atoms with van der Waals surface area (Å²) >= 11 is 0. The van der Waals surface area contributed by atoms with E-state index in [2.05, 4.69) is 5.32 Å². The van der Waals surface area contributed by atoms with E-state index in [4.69, 9.17) is 0 Å². The molecule has 2 aromatic carbocycles. The summed E-state index contributed by atoms with van der Waals surface area (Å²) in [6, 6.07) is 14.5. The molecule has 0 radical (unpaired) electrons. The monoisotopic (exact) mass is 380 g/mol. The molecule has 2 heterocycles. The van der Waals surface area contributed by atoms with E-state index >= 15 is 0 Å². The summed E-state index contributed by atoms with van der Waals surface area (Å²) in [6.45, 7) is 3.87. The van der Waals surface area contributed by atoms with Crippen LogP contribution < -0.4 is 5.32 Å². The van der Waals surface area contributed by atoms with Gasteiger partial charge in [-0.15, -0.1) is 0 Å². The number of likely N-dealkylation sites (tertiary alicyclic amines) is 1. The maximum Gasteiger partial charge on any atom is 0.229 e. The molecule has 2 fully saturated rings. The van der Waals surface area contributed by atoms with Gasteiger partial charge >= 0.3 is 0 Å². The fourth-order valence-corrected chi connectivity index (χ4v) is 4.38. The summed E-state index contributed by atoms with van der Waals surface area (Å²) in [4.78, 5) is 26.4. The lowest BCUT2D eigenvalue weighted by atomic mass is 9.77. The third-order valence-corrected chi connectivity index (χ3v) is 6.28. The Kier molecular flexibility index (Phi) is 4.92. The predicted octanol–water partition coefficient (Wildman–Crippen LogP) is 3.72. The first kappa shape index (κ1) is 18.7. The first-order valence-electron chi connectivity index (χ1n) is 9.88. The van der Waals surface area contributed by atoms with Crippen molar-refractivity contribution in [3.05, 3.63) is 59.9 Å². The largest absolute Gasteiger partial charge is 0.356 e. The van der Waals surface area contributed by atoms with Crippen molar-refractivity contribution >= 4 is 11.8 Å². The standard InChI is InChI=1S/C23H25FN2O2/c1-16(18-7-8-19(20(24)13-18)17-5-3-2-4-6-17)22(28)26-11-9-23(10-12-26)14-21(27)25-15-23/h2-8,13,16H,9-12,14-15H2,1H3,(H,25,27)/t16-/m1/s1. The molecule has 4 rings (SSSR count). The highest BCUT2D eigenvalue weighted by Gasteiger charge is 2.42. The molecule has 4 nitrogen and oxygen atoms in total. The summed E-state index contributed by atoms with van der Waals surface area (Å²) in [5.41, 5.74) is 2.08. The van der Waals surface area contributed by atoms with Gasteiger partial charge in [0.2, 0.25) is 11.8 Å². The molecule has 0 unspecified atom stereocenters. The summed E-state index contributed by atoms with van der Waals surface area (Å²) in [5, 5.41) is 2.91. The van der Waals surface area contributed by atoms with Crippen LogP contribution in [-0.4, -0.2) is 36.3 Å². The number of amides is 2. The Morgan fingerprint density at radius 3 is 2.46 bits per heavy atom. The number of piperidine rings is 1. The molecular formula is C23H25FN2O2. The highest BCUT2D eigenvalue weighted by atomic mass is 19.1. The van der Waals surface area contributed by atoms with E-state index in [1.54, 1.807) is 6.07 Å². The Bertz CT molecular complexity index is 889. The van der Waals surface area contributed by atoms with Crippen LogP contribution in [0.15, 0.2) is 48.5 Å². The Balaban J connectivity index is 1.44. The molecule has 28 heavy (non-hydrogen) atoms. The van der Waals surface area contributed by atoms with Crippen LogP contribution in [0.2, 0.25) is 0 Å². The zero-order valence-corrected chi connectivity index (χ0v) is 16.1. The smallest absolute Gasteiger partial charge is 0.229 e. The minimum atomic E-state index is -0.392. The van der Waals surface area contributed by atoms with E-state index in [9.17, 15) is 14.0 Å². The fourth-order valence-electron chi connectivity index (χ4n) is 4.38. The van der Waals surface area contributed by atoms with Gasteiger partial charge in [0.15, 0.2) is 0 Å². The topological polar surface area (TPSA) is 49.4 Å². The van der Waals surface area contributed by atoms with Crippen LogP contribution in [0.25, 0.3) is 11.1 Å². The predicted molar refractivity (Wildman–Crippen MR) is 106 cm³/mol. The molecule has 2 aliphatic heterocycles. The number of rotatable bonds is 3. The van der Waals surface area contributed by atoms with Gasteiger partial charge in [0.1, 0.15) is 5.82 Å². The Hall–Kier alpha value is -2.69. The summed E-state index contributed by atoms with van der Waals surface area (Å²) in [7, 11) is 0. The van der Waals surface area contributed by atoms with Gasteiger partial charge in [0.25, 0.3) is 0 Å². The minimum absolute atomic E-state index is 0.0144. The van der Waals surface area contributed by atoms with E-state index in [-0.39, 0.29) is 23.0 Å². The van der Waals surface area contributed by atoms with Crippen molar-refractivity contribution in [2.75, 3.05) is 19.6 Å². The van der Waals surface area contributed by atoms with Gasteiger partial charge in [0, 0.05) is 31.6 Å². The summed E-state index contributed by atoms with van der Waals surface area (Å²) in [6.07, 6.45) is 2.24. The van der Waals surface area contributed by atoms with Crippen molar-refractivity contribution in [2.45, 2.75) is 32.1 Å². The van der Waals surface area contributed by atoms with E-state index in [1.807, 2.05) is 48.2 Å². The lowest BCUT2D eigenvalue weighted by molar-refractivity contribution is -0.134. The number of carbonyl (C=O) groups is 2. The average Bonchev–Trinajstić information content (AvgIpc) is 3.08. The van der Waals surface area contributed by atoms with Crippen molar-refractivity contribution in [3.8, 4) is 11.1 Å². The molecule has 146 valence electrons. The molecule has 0 aliphatic carbocycles. The number of halogens is 1. The van der Waals surface area contributed by atoms with Crippen LogP contribution in [0.1, 0.15) is 37.7 Å². The fraction of sp³-hybridized carbons (Fsp3) is 0.391. The van der Waals surface area contributed by atoms with Crippen LogP contribution in [-0.2, 0) is 9.59 Å². The third kappa shape index (κ3) is 3.53. The first-order chi connectivity index (χ1) is 13.5. The zero-order chi connectivity index (χ0) is 19.7. The zero-order valence-electron chi connectivity index (χ0n) is 16.1. The van der Waals surface area contributed by atoms with Gasteiger partial charge in [-0.1, -0.05) is 42.5 Å². The molecule has 1 N–H and O–H groups in total. The quantitative estimate of drug-likeness (QED) is 0.882. The van der Waals surface area contributed by atoms with Crippen LogP contribution in [0.5, 0.6) is 0 Å². The van der Waals surface area contributed by atoms with Crippen LogP contribution in [0.3, 0.4) is 0 Å². The molecule has 5 heteroatoms. The molecule has 1 spiro atoms. The molecule has 2 aliphatic rings. The molecule has 2 amide bonds. The van der Waals surface area contributed by atoms with Crippen LogP contribution in [0, 0.1) is 11.2 Å². The van der Waals surface area contributed by atoms with Gasteiger partial charge in [-0.2, -0.15) is 0 Å². The van der Waals surface area contributed by atoms with Crippen LogP contribution >= 0.6 is 0 Å². The van der Waals surface area contributed by atoms with E-state index in [0.29, 0.717) is 30.6 Å². The van der Waals surface area contributed by atoms with Crippen molar-refractivity contribution in [3.63, 3.8) is 0 Å². The SMILES string of the molecule is C[C@@H](C(=O)N1CCC2(CC1)CNC(=O)C2)c1ccc(-c2ccccc2)c(F)c1. The van der Waals surface area contributed by atoms with Gasteiger partial charge in [-0.3, -0.25) is 9.59 Å². The number of nitrogens with zero attached hydrogens (tertiary/aromatic N) is 1. The maximum absolute atomic E-state index is 14.7. The number of benzene rings is 2. The molecule has 2 saturated heterocycles. The Morgan fingerprint density at radius 1 is 1.14 bits per heavy atom. The Labute approximate surface area is 164 Å². The number of carbonyl (C=O) groups excluding carboxylic acids is 2. The molecule has 2 aromatic rings. The number of hydrogen-bond donors (Lipinski definition) is 1. The van der Waals surface area contributed by atoms with E-state index in [0.717, 1.165) is 24.9 Å². The van der Waals surface area contributed by atoms with Gasteiger partial charge < -0.3 is 10.2 Å². The second kappa shape index (κ2) is 7.38. The second-order valence-corrected chi connectivity index (χ2v) is 8.11. The van der Waals surface area contributed by atoms with Gasteiger partial charge in [-0.25, -0.2) is 4.39 Å². The normalized spacial score (nSPS) is 19.5. The number of hydrogen-bond acceptors (Lipinski definition) is 2. The van der Waals surface area contributed by atoms with Crippen molar-refractivity contribution in [1.82, 2.24) is 10.2 Å². The average molecular weight is 380 g/mol. The van der Waals surface area contributed by atoms with Crippen molar-refractivity contribution in [2.24, 2.45) is 5.41 Å². The molecule has 0 aromatic heterocycles. The first-order valence-corrected chi connectivity index (χ1v) is 9.88. The molecule has 1 atom stereocenters. The molecule has 0 saturated carbocycles. The van der Waals surface area contributed by atoms with Crippen molar-refractivity contribution < 1.29 is 14.0 Å². The Morgan fingerprint density at radius 2 is 1.86 bits per heavy atom. The lowest BCUT2D eigenvalue weighted by Gasteiger charge is -2.39. The van der Waals surface area contributed by atoms with Crippen LogP contribution in [0.4, 0.5) is 4.39 Å². The molecular weight excluding hydrogens is 355 g/mol. The summed E-state index contributed by atoms with van der Waals surface area (Å²) in [5.74, 6) is -0.561. The van der Waals surface area contributed by atoms with Gasteiger partial charge in [0.05, 0.1) is 5.92 Å². The van der Waals surface area contributed by atoms with E-state index < -0.39 is 5.92 Å². The number of nitrogens with one attached hydrogen (secondary N) is 1. The lowest BCUT2D eigenvalue weighted by Crippen LogP contribution is -2.45. The molecule has 0 bridgehead atoms. The highest BCUT2D eigenvalue weighted by Crippen LogP contribution is 2.38. The summed E-state index contributed by atoms with van der Waals surface area (Å²) < 4.78 is 14.7. The minimum Gasteiger partial charge on any atom is -0.356 e. The van der Waals surface area contributed by atoms with Gasteiger partial charge in [-0.05, 0) is 42.4 Å². The highest BCUT2D eigenvalue weighted by molar-refractivity contribution is 5.84. The second-order valence-electron chi connectivity index (χ2n) is 8.11. The third-order valence-electron chi connectivity index (χ3n) is 6.28. The maximum atomic E-state index is 14.7.